The summed E-state index contributed by atoms with van der Waals surface area (Å²) in [6.07, 6.45) is 22.8. The van der Waals surface area contributed by atoms with Crippen LogP contribution in [0.25, 0.3) is 0 Å². The van der Waals surface area contributed by atoms with Gasteiger partial charge in [-0.1, -0.05) is 95.8 Å². The quantitative estimate of drug-likeness (QED) is 0.261. The van der Waals surface area contributed by atoms with Crippen LogP contribution in [0, 0.1) is 42.9 Å². The van der Waals surface area contributed by atoms with Crippen LogP contribution in [-0.2, 0) is 21.7 Å². The predicted octanol–water partition coefficient (Wildman–Crippen LogP) is 7.94. The van der Waals surface area contributed by atoms with Crippen molar-refractivity contribution in [3.05, 3.63) is 56.2 Å². The SMILES string of the molecule is CC1(C)C=CC(C)(C2=CC=CC2)C2CC[CH-]C21.[CH2-]CCC.[CH2-]CCC.[Ti+3]. The van der Waals surface area contributed by atoms with Gasteiger partial charge in [-0.3, -0.25) is 0 Å². The summed E-state index contributed by atoms with van der Waals surface area (Å²) in [4.78, 5) is 0. The molecule has 3 aliphatic carbocycles. The van der Waals surface area contributed by atoms with E-state index >= 15 is 0 Å². The van der Waals surface area contributed by atoms with Gasteiger partial charge in [0.05, 0.1) is 0 Å². The third-order valence-electron chi connectivity index (χ3n) is 5.99. The Morgan fingerprint density at radius 1 is 1.08 bits per heavy atom. The van der Waals surface area contributed by atoms with Gasteiger partial charge in [0.15, 0.2) is 0 Å². The van der Waals surface area contributed by atoms with Gasteiger partial charge in [-0.25, -0.2) is 0 Å². The van der Waals surface area contributed by atoms with Crippen LogP contribution in [-0.4, -0.2) is 0 Å². The summed E-state index contributed by atoms with van der Waals surface area (Å²) in [6.45, 7) is 18.7. The molecule has 3 atom stereocenters. The summed E-state index contributed by atoms with van der Waals surface area (Å²) in [5, 5.41) is 0. The third-order valence-corrected chi connectivity index (χ3v) is 5.99. The number of hydrogen-bond acceptors (Lipinski definition) is 0. The number of fused-ring (bicyclic) bond motifs is 1. The zero-order valence-electron chi connectivity index (χ0n) is 18.0. The first kappa shape index (κ1) is 25.9. The van der Waals surface area contributed by atoms with Crippen LogP contribution in [0.4, 0.5) is 0 Å². The monoisotopic (exact) mass is 389 g/mol. The first-order chi connectivity index (χ1) is 11.9. The second-order valence-electron chi connectivity index (χ2n) is 8.41. The maximum Gasteiger partial charge on any atom is 3.00 e. The molecule has 145 valence electrons. The molecule has 0 aromatic rings. The Bertz CT molecular complexity index is 461. The summed E-state index contributed by atoms with van der Waals surface area (Å²) in [7, 11) is 0. The van der Waals surface area contributed by atoms with Gasteiger partial charge in [0.2, 0.25) is 0 Å². The average molecular weight is 389 g/mol. The van der Waals surface area contributed by atoms with E-state index in [-0.39, 0.29) is 21.7 Å². The van der Waals surface area contributed by atoms with Crippen molar-refractivity contribution >= 4 is 0 Å². The molecular formula is C25H41Ti. The Morgan fingerprint density at radius 3 is 2.12 bits per heavy atom. The Morgan fingerprint density at radius 2 is 1.65 bits per heavy atom. The summed E-state index contributed by atoms with van der Waals surface area (Å²) >= 11 is 0. The van der Waals surface area contributed by atoms with E-state index in [2.05, 4.69) is 85.3 Å². The molecule has 1 heteroatoms. The molecule has 1 saturated carbocycles. The molecule has 0 nitrogen and oxygen atoms in total. The fraction of sp³-hybridized carbons (Fsp3) is 0.640. The Hall–Kier alpha value is -0.0657. The molecule has 0 aromatic carbocycles. The van der Waals surface area contributed by atoms with Gasteiger partial charge in [-0.15, -0.1) is 0 Å². The van der Waals surface area contributed by atoms with Gasteiger partial charge < -0.3 is 20.3 Å². The van der Waals surface area contributed by atoms with E-state index in [1.54, 1.807) is 5.57 Å². The van der Waals surface area contributed by atoms with Crippen molar-refractivity contribution in [2.45, 2.75) is 79.6 Å². The number of unbranched alkanes of at least 4 members (excludes halogenated alkanes) is 2. The van der Waals surface area contributed by atoms with Gasteiger partial charge in [-0.2, -0.15) is 25.2 Å². The summed E-state index contributed by atoms with van der Waals surface area (Å²) < 4.78 is 0. The van der Waals surface area contributed by atoms with Crippen molar-refractivity contribution in [3.63, 3.8) is 0 Å². The normalized spacial score (nSPS) is 30.2. The van der Waals surface area contributed by atoms with E-state index in [4.69, 9.17) is 0 Å². The van der Waals surface area contributed by atoms with Gasteiger partial charge in [0.25, 0.3) is 0 Å². The first-order valence-corrected chi connectivity index (χ1v) is 10.4. The minimum Gasteiger partial charge on any atom is -0.343 e. The van der Waals surface area contributed by atoms with Gasteiger partial charge in [0, 0.05) is 5.41 Å². The van der Waals surface area contributed by atoms with Gasteiger partial charge in [-0.05, 0) is 11.8 Å². The van der Waals surface area contributed by atoms with Crippen LogP contribution < -0.4 is 0 Å². The second-order valence-corrected chi connectivity index (χ2v) is 8.41. The Balaban J connectivity index is 0.000000596. The van der Waals surface area contributed by atoms with Crippen LogP contribution in [0.2, 0.25) is 0 Å². The molecule has 3 unspecified atom stereocenters. The van der Waals surface area contributed by atoms with E-state index in [9.17, 15) is 0 Å². The molecule has 0 aromatic heterocycles. The fourth-order valence-electron chi connectivity index (χ4n) is 4.11. The fourth-order valence-corrected chi connectivity index (χ4v) is 4.11. The maximum absolute atomic E-state index is 3.60. The molecule has 0 heterocycles. The molecule has 1 radical (unpaired) electrons. The van der Waals surface area contributed by atoms with E-state index in [0.29, 0.717) is 10.8 Å². The van der Waals surface area contributed by atoms with Crippen molar-refractivity contribution < 1.29 is 21.7 Å². The molecule has 0 N–H and O–H groups in total. The molecule has 1 fully saturated rings. The second kappa shape index (κ2) is 12.4. The summed E-state index contributed by atoms with van der Waals surface area (Å²) in [5.74, 6) is 1.58. The largest absolute Gasteiger partial charge is 3.00 e. The number of rotatable bonds is 3. The molecule has 26 heavy (non-hydrogen) atoms. The van der Waals surface area contributed by atoms with E-state index in [1.165, 1.54) is 25.7 Å². The van der Waals surface area contributed by atoms with Crippen molar-refractivity contribution in [1.29, 1.82) is 0 Å². The van der Waals surface area contributed by atoms with Crippen molar-refractivity contribution in [3.8, 4) is 0 Å². The molecule has 3 rings (SSSR count). The van der Waals surface area contributed by atoms with Crippen LogP contribution in [0.15, 0.2) is 36.0 Å². The minimum absolute atomic E-state index is 0. The third kappa shape index (κ3) is 6.52. The number of allylic oxidation sites excluding steroid dienone is 6. The van der Waals surface area contributed by atoms with Gasteiger partial charge >= 0.3 is 21.7 Å². The molecule has 0 bridgehead atoms. The van der Waals surface area contributed by atoms with Crippen LogP contribution >= 0.6 is 0 Å². The molecule has 0 amide bonds. The molecule has 0 aliphatic heterocycles. The average Bonchev–Trinajstić information content (AvgIpc) is 3.31. The van der Waals surface area contributed by atoms with E-state index in [1.807, 2.05) is 0 Å². The van der Waals surface area contributed by atoms with E-state index in [0.717, 1.165) is 31.1 Å². The minimum atomic E-state index is 0. The zero-order valence-corrected chi connectivity index (χ0v) is 19.5. The summed E-state index contributed by atoms with van der Waals surface area (Å²) in [6, 6.07) is 0. The van der Waals surface area contributed by atoms with Crippen molar-refractivity contribution in [2.75, 3.05) is 0 Å². The summed E-state index contributed by atoms with van der Waals surface area (Å²) in [5.41, 5.74) is 2.28. The maximum atomic E-state index is 3.60. The molecule has 3 aliphatic rings. The van der Waals surface area contributed by atoms with Crippen molar-refractivity contribution in [2.24, 2.45) is 22.7 Å². The van der Waals surface area contributed by atoms with E-state index < -0.39 is 0 Å². The van der Waals surface area contributed by atoms with Crippen LogP contribution in [0.3, 0.4) is 0 Å². The molecular weight excluding hydrogens is 348 g/mol. The van der Waals surface area contributed by atoms with Crippen LogP contribution in [0.5, 0.6) is 0 Å². The molecule has 0 spiro atoms. The van der Waals surface area contributed by atoms with Crippen LogP contribution in [0.1, 0.15) is 79.6 Å². The Kier molecular flexibility index (Phi) is 12.4. The zero-order chi connectivity index (χ0) is 18.9. The standard InChI is InChI=1S/C17H23.2C4H9.Ti/c1-16(2)11-12-17(3,13-7-4-5-8-13)15-10-6-9-14(15)16;2*1-3-4-2;/h4-5,7,9,11-12,14-15H,6,8,10H2,1-3H3;2*1,3-4H2,2H3;/q3*-1;+3. The molecule has 0 saturated heterocycles. The number of hydrogen-bond donors (Lipinski definition) is 0. The Labute approximate surface area is 179 Å². The van der Waals surface area contributed by atoms with Crippen molar-refractivity contribution in [1.82, 2.24) is 0 Å². The topological polar surface area (TPSA) is 0 Å². The first-order valence-electron chi connectivity index (χ1n) is 10.4. The van der Waals surface area contributed by atoms with Gasteiger partial charge in [0.1, 0.15) is 0 Å². The predicted molar refractivity (Wildman–Crippen MR) is 114 cm³/mol. The smallest absolute Gasteiger partial charge is 0.343 e.